The molecule has 0 aliphatic carbocycles. The summed E-state index contributed by atoms with van der Waals surface area (Å²) in [5, 5.41) is 20.1. The highest BCUT2D eigenvalue weighted by Gasteiger charge is 2.08. The van der Waals surface area contributed by atoms with Gasteiger partial charge >= 0.3 is 12.0 Å². The highest BCUT2D eigenvalue weighted by atomic mass is 16.5. The first-order valence-electron chi connectivity index (χ1n) is 5.79. The van der Waals surface area contributed by atoms with Crippen LogP contribution in [-0.2, 0) is 20.9 Å². The Morgan fingerprint density at radius 1 is 1.30 bits per heavy atom. The van der Waals surface area contributed by atoms with Gasteiger partial charge in [0, 0.05) is 19.3 Å². The van der Waals surface area contributed by atoms with E-state index in [0.29, 0.717) is 19.5 Å². The number of nitrogens with one attached hydrogen (secondary N) is 2. The third-order valence-electron chi connectivity index (χ3n) is 2.03. The van der Waals surface area contributed by atoms with Crippen molar-refractivity contribution >= 4 is 17.9 Å². The molecule has 110 valence electrons. The molecule has 1 rings (SSSR count). The molecule has 3 N–H and O–H groups in total. The highest BCUT2D eigenvalue weighted by molar-refractivity contribution is 5.94. The first-order valence-corrected chi connectivity index (χ1v) is 5.79. The van der Waals surface area contributed by atoms with Crippen LogP contribution in [-0.4, -0.2) is 57.8 Å². The van der Waals surface area contributed by atoms with Gasteiger partial charge in [0.25, 0.3) is 5.91 Å². The predicted molar refractivity (Wildman–Crippen MR) is 64.6 cm³/mol. The van der Waals surface area contributed by atoms with E-state index in [-0.39, 0.29) is 0 Å². The highest BCUT2D eigenvalue weighted by Crippen LogP contribution is 1.85. The number of urea groups is 1. The SMILES string of the molecule is O=C(O)COCC(=O)NC(=O)NCCCn1ccnn1. The monoisotopic (exact) mass is 285 g/mol. The maximum Gasteiger partial charge on any atom is 0.329 e. The Bertz CT molecular complexity index is 447. The van der Waals surface area contributed by atoms with E-state index in [2.05, 4.69) is 20.4 Å². The number of aromatic nitrogens is 3. The molecule has 1 aromatic rings. The van der Waals surface area contributed by atoms with Crippen molar-refractivity contribution in [2.45, 2.75) is 13.0 Å². The second kappa shape index (κ2) is 8.58. The molecule has 0 aromatic carbocycles. The third kappa shape index (κ3) is 7.06. The number of aryl methyl sites for hydroxylation is 1. The molecular formula is C10H15N5O5. The van der Waals surface area contributed by atoms with Gasteiger partial charge in [-0.05, 0) is 6.42 Å². The molecule has 0 fully saturated rings. The number of rotatable bonds is 8. The van der Waals surface area contributed by atoms with Crippen molar-refractivity contribution < 1.29 is 24.2 Å². The van der Waals surface area contributed by atoms with E-state index >= 15 is 0 Å². The van der Waals surface area contributed by atoms with Crippen LogP contribution in [0.5, 0.6) is 0 Å². The lowest BCUT2D eigenvalue weighted by molar-refractivity contribution is -0.143. The summed E-state index contributed by atoms with van der Waals surface area (Å²) >= 11 is 0. The van der Waals surface area contributed by atoms with Gasteiger partial charge in [0.2, 0.25) is 0 Å². The van der Waals surface area contributed by atoms with E-state index in [4.69, 9.17) is 5.11 Å². The lowest BCUT2D eigenvalue weighted by Crippen LogP contribution is -2.41. The number of ether oxygens (including phenoxy) is 1. The first kappa shape index (κ1) is 15.6. The molecule has 20 heavy (non-hydrogen) atoms. The topological polar surface area (TPSA) is 135 Å². The lowest BCUT2D eigenvalue weighted by atomic mass is 10.4. The molecule has 3 amide bonds. The van der Waals surface area contributed by atoms with E-state index in [1.807, 2.05) is 5.32 Å². The predicted octanol–water partition coefficient (Wildman–Crippen LogP) is -1.40. The molecule has 0 saturated carbocycles. The standard InChI is InChI=1S/C10H15N5O5/c16-8(6-20-7-9(17)18)13-10(19)11-2-1-4-15-5-3-12-14-15/h3,5H,1-2,4,6-7H2,(H,17,18)(H2,11,13,16,19). The van der Waals surface area contributed by atoms with E-state index in [1.165, 1.54) is 0 Å². The summed E-state index contributed by atoms with van der Waals surface area (Å²) < 4.78 is 6.14. The van der Waals surface area contributed by atoms with Crippen LogP contribution < -0.4 is 10.6 Å². The molecule has 0 aliphatic rings. The molecule has 10 heteroatoms. The van der Waals surface area contributed by atoms with Crippen LogP contribution in [0.15, 0.2) is 12.4 Å². The number of carboxylic acid groups (broad SMARTS) is 1. The second-order valence-electron chi connectivity index (χ2n) is 3.71. The van der Waals surface area contributed by atoms with Gasteiger partial charge in [0.15, 0.2) is 0 Å². The molecule has 10 nitrogen and oxygen atoms in total. The van der Waals surface area contributed by atoms with Crippen LogP contribution in [0.2, 0.25) is 0 Å². The maximum absolute atomic E-state index is 11.3. The number of carbonyl (C=O) groups is 3. The maximum atomic E-state index is 11.3. The Kier molecular flexibility index (Phi) is 6.68. The summed E-state index contributed by atoms with van der Waals surface area (Å²) in [7, 11) is 0. The van der Waals surface area contributed by atoms with Crippen molar-refractivity contribution in [1.82, 2.24) is 25.6 Å². The van der Waals surface area contributed by atoms with Crippen molar-refractivity contribution in [3.05, 3.63) is 12.4 Å². The minimum atomic E-state index is -1.18. The van der Waals surface area contributed by atoms with Crippen LogP contribution >= 0.6 is 0 Å². The molecule has 0 bridgehead atoms. The van der Waals surface area contributed by atoms with Crippen LogP contribution in [0.1, 0.15) is 6.42 Å². The van der Waals surface area contributed by atoms with E-state index in [9.17, 15) is 14.4 Å². The first-order chi connectivity index (χ1) is 9.58. The second-order valence-corrected chi connectivity index (χ2v) is 3.71. The van der Waals surface area contributed by atoms with Gasteiger partial charge in [-0.1, -0.05) is 5.21 Å². The molecule has 1 aromatic heterocycles. The molecule has 1 heterocycles. The smallest absolute Gasteiger partial charge is 0.329 e. The van der Waals surface area contributed by atoms with E-state index < -0.39 is 31.1 Å². The fourth-order valence-corrected chi connectivity index (χ4v) is 1.23. The van der Waals surface area contributed by atoms with Gasteiger partial charge in [-0.15, -0.1) is 5.10 Å². The van der Waals surface area contributed by atoms with Crippen LogP contribution in [0, 0.1) is 0 Å². The summed E-state index contributed by atoms with van der Waals surface area (Å²) in [5.41, 5.74) is 0. The Balaban J connectivity index is 2.04. The summed E-state index contributed by atoms with van der Waals surface area (Å²) in [4.78, 5) is 32.5. The fraction of sp³-hybridized carbons (Fsp3) is 0.500. The number of nitrogens with zero attached hydrogens (tertiary/aromatic N) is 3. The van der Waals surface area contributed by atoms with Crippen LogP contribution in [0.25, 0.3) is 0 Å². The molecule has 0 unspecified atom stereocenters. The van der Waals surface area contributed by atoms with Crippen molar-refractivity contribution in [2.75, 3.05) is 19.8 Å². The van der Waals surface area contributed by atoms with Gasteiger partial charge < -0.3 is 15.2 Å². The van der Waals surface area contributed by atoms with Crippen molar-refractivity contribution in [3.8, 4) is 0 Å². The number of hydrogen-bond acceptors (Lipinski definition) is 6. The molecule has 0 aliphatic heterocycles. The Morgan fingerprint density at radius 3 is 2.75 bits per heavy atom. The number of carbonyl (C=O) groups excluding carboxylic acids is 2. The third-order valence-corrected chi connectivity index (χ3v) is 2.03. The quantitative estimate of drug-likeness (QED) is 0.499. The average molecular weight is 285 g/mol. The zero-order valence-electron chi connectivity index (χ0n) is 10.6. The lowest BCUT2D eigenvalue weighted by Gasteiger charge is -2.06. The summed E-state index contributed by atoms with van der Waals surface area (Å²) in [6, 6.07) is -0.660. The summed E-state index contributed by atoms with van der Waals surface area (Å²) in [6.45, 7) is -0.128. The fourth-order valence-electron chi connectivity index (χ4n) is 1.23. The zero-order chi connectivity index (χ0) is 14.8. The zero-order valence-corrected chi connectivity index (χ0v) is 10.6. The minimum absolute atomic E-state index is 0.356. The van der Waals surface area contributed by atoms with Gasteiger partial charge in [-0.3, -0.25) is 14.8 Å². The normalized spacial score (nSPS) is 10.0. The van der Waals surface area contributed by atoms with Gasteiger partial charge in [0.05, 0.1) is 6.20 Å². The largest absolute Gasteiger partial charge is 0.480 e. The van der Waals surface area contributed by atoms with Gasteiger partial charge in [-0.2, -0.15) is 0 Å². The van der Waals surface area contributed by atoms with Crippen LogP contribution in [0.4, 0.5) is 4.79 Å². The molecule has 0 spiro atoms. The summed E-state index contributed by atoms with van der Waals surface area (Å²) in [6.07, 6.45) is 3.87. The minimum Gasteiger partial charge on any atom is -0.480 e. The van der Waals surface area contributed by atoms with Gasteiger partial charge in [0.1, 0.15) is 13.2 Å². The van der Waals surface area contributed by atoms with E-state index in [0.717, 1.165) is 0 Å². The molecule has 0 atom stereocenters. The van der Waals surface area contributed by atoms with Crippen molar-refractivity contribution in [3.63, 3.8) is 0 Å². The number of hydrogen-bond donors (Lipinski definition) is 3. The van der Waals surface area contributed by atoms with E-state index in [1.54, 1.807) is 17.1 Å². The Hall–Kier alpha value is -2.49. The Labute approximate surface area is 114 Å². The number of imide groups is 1. The van der Waals surface area contributed by atoms with Crippen molar-refractivity contribution in [1.29, 1.82) is 0 Å². The van der Waals surface area contributed by atoms with Gasteiger partial charge in [-0.25, -0.2) is 9.59 Å². The van der Waals surface area contributed by atoms with Crippen molar-refractivity contribution in [2.24, 2.45) is 0 Å². The summed E-state index contributed by atoms with van der Waals surface area (Å²) in [5.74, 6) is -1.89. The Morgan fingerprint density at radius 2 is 2.10 bits per heavy atom. The molecule has 0 saturated heterocycles. The van der Waals surface area contributed by atoms with Crippen LogP contribution in [0.3, 0.4) is 0 Å². The number of aliphatic carboxylic acids is 1. The molecule has 0 radical (unpaired) electrons. The number of carboxylic acids is 1. The molecular weight excluding hydrogens is 270 g/mol. The average Bonchev–Trinajstić information content (AvgIpc) is 2.87. The number of amides is 3.